The highest BCUT2D eigenvalue weighted by atomic mass is 16.5. The fraction of sp³-hybridized carbons (Fsp3) is 0.440. The molecule has 7 heteroatoms. The summed E-state index contributed by atoms with van der Waals surface area (Å²) in [5.41, 5.74) is 2.29. The van der Waals surface area contributed by atoms with Crippen molar-refractivity contribution < 1.29 is 24.4 Å². The Morgan fingerprint density at radius 3 is 2.59 bits per heavy atom. The van der Waals surface area contributed by atoms with Crippen LogP contribution in [-0.2, 0) is 0 Å². The Morgan fingerprint density at radius 2 is 1.84 bits per heavy atom. The van der Waals surface area contributed by atoms with E-state index in [0.717, 1.165) is 65.2 Å². The van der Waals surface area contributed by atoms with Crippen LogP contribution in [0.4, 0.5) is 0 Å². The lowest BCUT2D eigenvalue weighted by Crippen LogP contribution is -2.51. The molecule has 0 bridgehead atoms. The van der Waals surface area contributed by atoms with Crippen molar-refractivity contribution in [2.24, 2.45) is 0 Å². The first-order chi connectivity index (χ1) is 15.5. The zero-order chi connectivity index (χ0) is 22.3. The van der Waals surface area contributed by atoms with Crippen LogP contribution in [-0.4, -0.2) is 59.6 Å². The first-order valence-corrected chi connectivity index (χ1v) is 11.1. The molecule has 170 valence electrons. The van der Waals surface area contributed by atoms with Gasteiger partial charge in [-0.1, -0.05) is 0 Å². The summed E-state index contributed by atoms with van der Waals surface area (Å²) in [5.74, 6) is 2.26. The predicted octanol–water partition coefficient (Wildman–Crippen LogP) is 3.57. The maximum absolute atomic E-state index is 10.9. The van der Waals surface area contributed by atoms with Gasteiger partial charge in [0.2, 0.25) is 0 Å². The van der Waals surface area contributed by atoms with E-state index in [1.54, 1.807) is 14.2 Å². The van der Waals surface area contributed by atoms with E-state index in [4.69, 9.17) is 14.2 Å². The maximum Gasteiger partial charge on any atom is 0.126 e. The van der Waals surface area contributed by atoms with E-state index in [1.807, 2.05) is 42.6 Å². The topological polar surface area (TPSA) is 87.2 Å². The number of ether oxygens (including phenoxy) is 3. The Bertz CT molecular complexity index is 1100. The number of methoxy groups -OCH3 is 2. The molecule has 32 heavy (non-hydrogen) atoms. The van der Waals surface area contributed by atoms with E-state index >= 15 is 0 Å². The third-order valence-corrected chi connectivity index (χ3v) is 6.95. The molecule has 0 unspecified atom stereocenters. The maximum atomic E-state index is 10.9. The van der Waals surface area contributed by atoms with Gasteiger partial charge in [0.05, 0.1) is 26.4 Å². The summed E-state index contributed by atoms with van der Waals surface area (Å²) in [5, 5.41) is 22.7. The number of aliphatic hydroxyl groups is 2. The summed E-state index contributed by atoms with van der Waals surface area (Å²) in [7, 11) is 3.27. The second-order valence-electron chi connectivity index (χ2n) is 8.88. The largest absolute Gasteiger partial charge is 0.497 e. The average molecular weight is 439 g/mol. The number of nitrogens with zero attached hydrogens (tertiary/aromatic N) is 1. The first-order valence-electron chi connectivity index (χ1n) is 11.1. The van der Waals surface area contributed by atoms with Crippen molar-refractivity contribution >= 4 is 10.9 Å². The van der Waals surface area contributed by atoms with Crippen LogP contribution < -0.4 is 14.2 Å². The Morgan fingerprint density at radius 1 is 1.12 bits per heavy atom. The highest BCUT2D eigenvalue weighted by Gasteiger charge is 2.43. The van der Waals surface area contributed by atoms with Gasteiger partial charge in [-0.25, -0.2) is 0 Å². The number of aromatic amines is 1. The minimum atomic E-state index is -0.586. The molecular formula is C25H30N2O5. The van der Waals surface area contributed by atoms with Gasteiger partial charge >= 0.3 is 0 Å². The molecule has 0 radical (unpaired) electrons. The number of benzene rings is 2. The summed E-state index contributed by atoms with van der Waals surface area (Å²) < 4.78 is 17.0. The lowest BCUT2D eigenvalue weighted by atomic mass is 9.81. The van der Waals surface area contributed by atoms with Crippen LogP contribution in [0, 0.1) is 0 Å². The third kappa shape index (κ3) is 3.81. The van der Waals surface area contributed by atoms with Crippen LogP contribution in [0.3, 0.4) is 0 Å². The molecule has 0 amide bonds. The highest BCUT2D eigenvalue weighted by molar-refractivity contribution is 5.84. The van der Waals surface area contributed by atoms with Crippen molar-refractivity contribution in [2.45, 2.75) is 37.1 Å². The summed E-state index contributed by atoms with van der Waals surface area (Å²) >= 11 is 0. The molecule has 1 aromatic heterocycles. The second-order valence-corrected chi connectivity index (χ2v) is 8.88. The summed E-state index contributed by atoms with van der Waals surface area (Å²) in [6.45, 7) is 2.18. The Hall–Kier alpha value is -2.74. The van der Waals surface area contributed by atoms with Gasteiger partial charge < -0.3 is 34.3 Å². The zero-order valence-electron chi connectivity index (χ0n) is 18.5. The Labute approximate surface area is 187 Å². The van der Waals surface area contributed by atoms with Gasteiger partial charge in [0.15, 0.2) is 0 Å². The molecule has 3 aromatic rings. The van der Waals surface area contributed by atoms with Gasteiger partial charge in [0.25, 0.3) is 0 Å². The molecule has 0 saturated carbocycles. The standard InChI is InChI=1S/C25H30N2O5/c1-30-16-4-6-24-19(11-16)22(28)13-25(32-24)7-9-27(10-8-25)15-23(29)20-14-26-21-12-17(31-2)3-5-18(20)21/h3-6,11-12,14,22-23,26,28-29H,7-10,13,15H2,1-2H3/t22-,23+/m0/s1. The fourth-order valence-electron chi connectivity index (χ4n) is 5.07. The normalized spacial score (nSPS) is 21.2. The van der Waals surface area contributed by atoms with Crippen molar-refractivity contribution in [3.05, 3.63) is 53.7 Å². The average Bonchev–Trinajstić information content (AvgIpc) is 3.24. The van der Waals surface area contributed by atoms with Gasteiger partial charge in [-0.2, -0.15) is 0 Å². The van der Waals surface area contributed by atoms with Crippen LogP contribution in [0.5, 0.6) is 17.2 Å². The number of aliphatic hydroxyl groups excluding tert-OH is 2. The third-order valence-electron chi connectivity index (χ3n) is 6.95. The fourth-order valence-corrected chi connectivity index (χ4v) is 5.07. The molecule has 3 N–H and O–H groups in total. The van der Waals surface area contributed by atoms with E-state index in [2.05, 4.69) is 9.88 Å². The minimum Gasteiger partial charge on any atom is -0.497 e. The number of hydrogen-bond acceptors (Lipinski definition) is 6. The van der Waals surface area contributed by atoms with Crippen molar-refractivity contribution in [3.63, 3.8) is 0 Å². The van der Waals surface area contributed by atoms with Crippen molar-refractivity contribution in [3.8, 4) is 17.2 Å². The first kappa shape index (κ1) is 21.1. The molecule has 1 fully saturated rings. The van der Waals surface area contributed by atoms with Crippen LogP contribution in [0.1, 0.15) is 42.6 Å². The molecule has 1 saturated heterocycles. The summed E-state index contributed by atoms with van der Waals surface area (Å²) in [4.78, 5) is 5.51. The SMILES string of the molecule is COc1ccc2c(c1)[C@@H](O)CC1(CCN(C[C@@H](O)c3c[nH]c4cc(OC)ccc34)CC1)O2. The molecule has 5 rings (SSSR count). The van der Waals surface area contributed by atoms with Crippen molar-refractivity contribution in [1.82, 2.24) is 9.88 Å². The van der Waals surface area contributed by atoms with Crippen LogP contribution >= 0.6 is 0 Å². The van der Waals surface area contributed by atoms with Crippen LogP contribution in [0.25, 0.3) is 10.9 Å². The lowest BCUT2D eigenvalue weighted by Gasteiger charge is -2.46. The lowest BCUT2D eigenvalue weighted by molar-refractivity contribution is -0.0588. The number of fused-ring (bicyclic) bond motifs is 2. The van der Waals surface area contributed by atoms with Gasteiger partial charge in [0.1, 0.15) is 22.8 Å². The molecule has 2 aromatic carbocycles. The molecule has 1 spiro atoms. The quantitative estimate of drug-likeness (QED) is 0.565. The molecule has 7 nitrogen and oxygen atoms in total. The number of nitrogens with one attached hydrogen (secondary N) is 1. The van der Waals surface area contributed by atoms with Gasteiger partial charge in [0, 0.05) is 60.3 Å². The minimum absolute atomic E-state index is 0.361. The molecule has 2 aliphatic rings. The highest BCUT2D eigenvalue weighted by Crippen LogP contribution is 2.45. The van der Waals surface area contributed by atoms with Gasteiger partial charge in [-0.15, -0.1) is 0 Å². The van der Waals surface area contributed by atoms with Gasteiger partial charge in [-0.3, -0.25) is 0 Å². The smallest absolute Gasteiger partial charge is 0.126 e. The van der Waals surface area contributed by atoms with Crippen molar-refractivity contribution in [1.29, 1.82) is 0 Å². The number of H-pyrrole nitrogens is 1. The zero-order valence-corrected chi connectivity index (χ0v) is 18.5. The second kappa shape index (κ2) is 8.31. The van der Waals surface area contributed by atoms with Crippen LogP contribution in [0.2, 0.25) is 0 Å². The molecule has 2 atom stereocenters. The Balaban J connectivity index is 1.24. The summed E-state index contributed by atoms with van der Waals surface area (Å²) in [6, 6.07) is 11.5. The summed E-state index contributed by atoms with van der Waals surface area (Å²) in [6.07, 6.45) is 2.94. The van der Waals surface area contributed by atoms with Crippen molar-refractivity contribution in [2.75, 3.05) is 33.9 Å². The Kier molecular flexibility index (Phi) is 5.49. The van der Waals surface area contributed by atoms with E-state index < -0.39 is 12.2 Å². The molecule has 0 aliphatic carbocycles. The van der Waals surface area contributed by atoms with E-state index in [1.165, 1.54) is 0 Å². The predicted molar refractivity (Wildman–Crippen MR) is 121 cm³/mol. The van der Waals surface area contributed by atoms with Gasteiger partial charge in [-0.05, 0) is 43.2 Å². The molecular weight excluding hydrogens is 408 g/mol. The number of β-amino-alcohol motifs (C(OH)–C–C–N with tert-alkyl or cyclic N) is 1. The van der Waals surface area contributed by atoms with E-state index in [0.29, 0.717) is 13.0 Å². The number of likely N-dealkylation sites (tertiary alicyclic amines) is 1. The van der Waals surface area contributed by atoms with E-state index in [-0.39, 0.29) is 5.60 Å². The molecule has 3 heterocycles. The monoisotopic (exact) mass is 438 g/mol. The number of piperidine rings is 1. The number of rotatable bonds is 5. The van der Waals surface area contributed by atoms with E-state index in [9.17, 15) is 10.2 Å². The number of aromatic nitrogens is 1. The number of hydrogen-bond donors (Lipinski definition) is 3. The van der Waals surface area contributed by atoms with Crippen LogP contribution in [0.15, 0.2) is 42.6 Å². The molecule has 2 aliphatic heterocycles.